The average molecular weight is 226 g/mol. The molecule has 1 nitrogen and oxygen atoms in total. The van der Waals surface area contributed by atoms with E-state index in [1.165, 1.54) is 17.6 Å². The second-order valence-electron chi connectivity index (χ2n) is 5.00. The van der Waals surface area contributed by atoms with Gasteiger partial charge in [-0.15, -0.1) is 0 Å². The van der Waals surface area contributed by atoms with Crippen LogP contribution in [0.3, 0.4) is 0 Å². The number of allylic oxidation sites excluding steroid dienone is 3. The lowest BCUT2D eigenvalue weighted by atomic mass is 9.99. The monoisotopic (exact) mass is 226 g/mol. The van der Waals surface area contributed by atoms with E-state index in [1.54, 1.807) is 0 Å². The van der Waals surface area contributed by atoms with E-state index in [4.69, 9.17) is 4.74 Å². The first-order valence-corrected chi connectivity index (χ1v) is 6.38. The van der Waals surface area contributed by atoms with Gasteiger partial charge in [-0.05, 0) is 30.4 Å². The molecule has 0 aromatic heterocycles. The summed E-state index contributed by atoms with van der Waals surface area (Å²) >= 11 is 0. The summed E-state index contributed by atoms with van der Waals surface area (Å²) in [5.41, 5.74) is 2.73. The molecule has 0 spiro atoms. The van der Waals surface area contributed by atoms with Crippen LogP contribution in [0.4, 0.5) is 0 Å². The fraction of sp³-hybridized carbons (Fsp3) is 0.375. The minimum atomic E-state index is 0.246. The van der Waals surface area contributed by atoms with Gasteiger partial charge in [-0.1, -0.05) is 48.6 Å². The van der Waals surface area contributed by atoms with Gasteiger partial charge in [-0.25, -0.2) is 0 Å². The smallest absolute Gasteiger partial charge is 0.0767 e. The van der Waals surface area contributed by atoms with Crippen LogP contribution in [0.1, 0.15) is 18.9 Å². The molecule has 88 valence electrons. The highest BCUT2D eigenvalue weighted by Crippen LogP contribution is 2.40. The van der Waals surface area contributed by atoms with Crippen molar-refractivity contribution in [2.24, 2.45) is 11.8 Å². The second-order valence-corrected chi connectivity index (χ2v) is 5.00. The van der Waals surface area contributed by atoms with E-state index in [2.05, 4.69) is 49.4 Å². The van der Waals surface area contributed by atoms with Gasteiger partial charge in [-0.3, -0.25) is 0 Å². The Morgan fingerprint density at radius 3 is 2.71 bits per heavy atom. The number of ether oxygens (including phenoxy) is 1. The first-order chi connectivity index (χ1) is 8.33. The normalized spacial score (nSPS) is 27.2. The van der Waals surface area contributed by atoms with Crippen LogP contribution in [0.5, 0.6) is 0 Å². The summed E-state index contributed by atoms with van der Waals surface area (Å²) in [6.45, 7) is 2.88. The molecular formula is C16H18O. The van der Waals surface area contributed by atoms with Crippen LogP contribution in [0.25, 0.3) is 0 Å². The van der Waals surface area contributed by atoms with Crippen molar-refractivity contribution in [1.29, 1.82) is 0 Å². The van der Waals surface area contributed by atoms with Crippen LogP contribution >= 0.6 is 0 Å². The quantitative estimate of drug-likeness (QED) is 0.711. The third-order valence-electron chi connectivity index (χ3n) is 3.76. The molecule has 0 saturated carbocycles. The van der Waals surface area contributed by atoms with E-state index in [0.29, 0.717) is 18.4 Å². The van der Waals surface area contributed by atoms with E-state index >= 15 is 0 Å². The molecule has 3 rings (SSSR count). The number of fused-ring (bicyclic) bond motifs is 2. The Bertz CT molecular complexity index is 444. The fourth-order valence-electron chi connectivity index (χ4n) is 2.80. The molecule has 0 radical (unpaired) electrons. The van der Waals surface area contributed by atoms with Gasteiger partial charge in [0.15, 0.2) is 0 Å². The zero-order valence-electron chi connectivity index (χ0n) is 10.2. The molecule has 1 heteroatoms. The highest BCUT2D eigenvalue weighted by molar-refractivity contribution is 5.32. The Hall–Kier alpha value is -1.34. The number of hydrogen-bond acceptors (Lipinski definition) is 1. The lowest BCUT2D eigenvalue weighted by molar-refractivity contribution is 0.0726. The molecule has 0 amide bonds. The molecule has 0 heterocycles. The molecule has 2 aliphatic rings. The van der Waals surface area contributed by atoms with Crippen molar-refractivity contribution in [3.8, 4) is 0 Å². The minimum absolute atomic E-state index is 0.246. The van der Waals surface area contributed by atoms with Crippen LogP contribution in [0, 0.1) is 11.8 Å². The van der Waals surface area contributed by atoms with Crippen LogP contribution in [-0.2, 0) is 11.3 Å². The summed E-state index contributed by atoms with van der Waals surface area (Å²) in [5.74, 6) is 1.32. The summed E-state index contributed by atoms with van der Waals surface area (Å²) in [4.78, 5) is 0. The summed E-state index contributed by atoms with van der Waals surface area (Å²) in [6, 6.07) is 10.4. The summed E-state index contributed by atoms with van der Waals surface area (Å²) < 4.78 is 5.96. The minimum Gasteiger partial charge on any atom is -0.369 e. The first-order valence-electron chi connectivity index (χ1n) is 6.38. The SMILES string of the molecule is CC(OCc1ccccc1)C1=CC2C=CC1C2. The zero-order chi connectivity index (χ0) is 11.7. The molecule has 1 aromatic rings. The van der Waals surface area contributed by atoms with E-state index in [0.717, 1.165) is 0 Å². The third kappa shape index (κ3) is 2.20. The van der Waals surface area contributed by atoms with Crippen molar-refractivity contribution in [3.05, 3.63) is 59.7 Å². The molecular weight excluding hydrogens is 208 g/mol. The molecule has 0 fully saturated rings. The van der Waals surface area contributed by atoms with Gasteiger partial charge in [0.2, 0.25) is 0 Å². The highest BCUT2D eigenvalue weighted by atomic mass is 16.5. The van der Waals surface area contributed by atoms with Gasteiger partial charge in [0, 0.05) is 5.92 Å². The zero-order valence-corrected chi connectivity index (χ0v) is 10.2. The highest BCUT2D eigenvalue weighted by Gasteiger charge is 2.30. The Balaban J connectivity index is 1.58. The van der Waals surface area contributed by atoms with Gasteiger partial charge >= 0.3 is 0 Å². The predicted molar refractivity (Wildman–Crippen MR) is 69.5 cm³/mol. The Labute approximate surface area is 103 Å². The van der Waals surface area contributed by atoms with Crippen molar-refractivity contribution in [2.45, 2.75) is 26.1 Å². The van der Waals surface area contributed by atoms with Gasteiger partial charge in [-0.2, -0.15) is 0 Å². The van der Waals surface area contributed by atoms with Gasteiger partial charge in [0.1, 0.15) is 0 Å². The number of hydrogen-bond donors (Lipinski definition) is 0. The number of benzene rings is 1. The Kier molecular flexibility index (Phi) is 2.86. The molecule has 2 bridgehead atoms. The molecule has 1 aromatic carbocycles. The van der Waals surface area contributed by atoms with E-state index in [9.17, 15) is 0 Å². The summed E-state index contributed by atoms with van der Waals surface area (Å²) in [7, 11) is 0. The first kappa shape index (κ1) is 10.8. The maximum Gasteiger partial charge on any atom is 0.0767 e. The van der Waals surface area contributed by atoms with E-state index < -0.39 is 0 Å². The van der Waals surface area contributed by atoms with Gasteiger partial charge in [0.25, 0.3) is 0 Å². The number of rotatable bonds is 4. The second kappa shape index (κ2) is 4.50. The predicted octanol–water partition coefficient (Wildman–Crippen LogP) is 3.72. The Morgan fingerprint density at radius 2 is 2.06 bits per heavy atom. The van der Waals surface area contributed by atoms with E-state index in [1.807, 2.05) is 6.07 Å². The summed E-state index contributed by atoms with van der Waals surface area (Å²) in [5, 5.41) is 0. The molecule has 3 atom stereocenters. The topological polar surface area (TPSA) is 9.23 Å². The molecule has 2 aliphatic carbocycles. The van der Waals surface area contributed by atoms with Crippen LogP contribution in [0.15, 0.2) is 54.1 Å². The van der Waals surface area contributed by atoms with Crippen molar-refractivity contribution in [1.82, 2.24) is 0 Å². The standard InChI is InChI=1S/C16H18O/c1-12(16-10-14-7-8-15(16)9-14)17-11-13-5-3-2-4-6-13/h2-8,10,12,14-15H,9,11H2,1H3. The van der Waals surface area contributed by atoms with Crippen LogP contribution in [0.2, 0.25) is 0 Å². The lowest BCUT2D eigenvalue weighted by Gasteiger charge is -2.19. The fourth-order valence-corrected chi connectivity index (χ4v) is 2.80. The van der Waals surface area contributed by atoms with Crippen LogP contribution < -0.4 is 0 Å². The molecule has 17 heavy (non-hydrogen) atoms. The molecule has 0 N–H and O–H groups in total. The van der Waals surface area contributed by atoms with Gasteiger partial charge < -0.3 is 4.74 Å². The van der Waals surface area contributed by atoms with Crippen molar-refractivity contribution >= 4 is 0 Å². The molecule has 0 aliphatic heterocycles. The van der Waals surface area contributed by atoms with Crippen LogP contribution in [-0.4, -0.2) is 6.10 Å². The maximum atomic E-state index is 5.96. The van der Waals surface area contributed by atoms with Gasteiger partial charge in [0.05, 0.1) is 12.7 Å². The Morgan fingerprint density at radius 1 is 1.24 bits per heavy atom. The van der Waals surface area contributed by atoms with Crippen molar-refractivity contribution in [2.75, 3.05) is 0 Å². The third-order valence-corrected chi connectivity index (χ3v) is 3.76. The summed E-state index contributed by atoms with van der Waals surface area (Å²) in [6.07, 6.45) is 8.56. The lowest BCUT2D eigenvalue weighted by Crippen LogP contribution is -2.15. The molecule has 3 unspecified atom stereocenters. The van der Waals surface area contributed by atoms with E-state index in [-0.39, 0.29) is 6.10 Å². The van der Waals surface area contributed by atoms with Crippen molar-refractivity contribution in [3.63, 3.8) is 0 Å². The largest absolute Gasteiger partial charge is 0.369 e. The average Bonchev–Trinajstić information content (AvgIpc) is 2.99. The van der Waals surface area contributed by atoms with Crippen molar-refractivity contribution < 1.29 is 4.74 Å². The molecule has 0 saturated heterocycles. The maximum absolute atomic E-state index is 5.96.